The Morgan fingerprint density at radius 1 is 1.37 bits per heavy atom. The molecule has 1 aromatic carbocycles. The summed E-state index contributed by atoms with van der Waals surface area (Å²) < 4.78 is 31.3. The van der Waals surface area contributed by atoms with Crippen molar-refractivity contribution in [2.45, 2.75) is 6.43 Å². The van der Waals surface area contributed by atoms with Gasteiger partial charge in [-0.3, -0.25) is 0 Å². The number of hydrogen-bond donors (Lipinski definition) is 1. The summed E-state index contributed by atoms with van der Waals surface area (Å²) in [5.41, 5.74) is 0.136. The Morgan fingerprint density at radius 3 is 2.47 bits per heavy atom. The van der Waals surface area contributed by atoms with Crippen LogP contribution in [0.4, 0.5) is 8.78 Å². The van der Waals surface area contributed by atoms with Crippen LogP contribution < -0.4 is 4.74 Å². The minimum Gasteiger partial charge on any atom is -0.481 e. The Morgan fingerprint density at radius 2 is 2.00 bits per heavy atom. The summed E-state index contributed by atoms with van der Waals surface area (Å²) in [6.45, 7) is 0. The van der Waals surface area contributed by atoms with E-state index in [1.807, 2.05) is 0 Å². The summed E-state index contributed by atoms with van der Waals surface area (Å²) >= 11 is 0. The molecule has 19 heavy (non-hydrogen) atoms. The third-order valence-electron chi connectivity index (χ3n) is 2.49. The first-order valence-corrected chi connectivity index (χ1v) is 5.28. The lowest BCUT2D eigenvalue weighted by Gasteiger charge is -2.05. The summed E-state index contributed by atoms with van der Waals surface area (Å²) in [4.78, 5) is 10.7. The maximum Gasteiger partial charge on any atom is 0.335 e. The molecule has 5 nitrogen and oxygen atoms in total. The van der Waals surface area contributed by atoms with E-state index in [1.165, 1.54) is 36.1 Å². The van der Waals surface area contributed by atoms with E-state index >= 15 is 0 Å². The number of alkyl halides is 2. The third-order valence-corrected chi connectivity index (χ3v) is 2.49. The van der Waals surface area contributed by atoms with Gasteiger partial charge >= 0.3 is 5.97 Å². The Bertz CT molecular complexity index is 594. The highest BCUT2D eigenvalue weighted by molar-refractivity contribution is 5.87. The molecule has 0 amide bonds. The second kappa shape index (κ2) is 5.05. The first-order valence-electron chi connectivity index (χ1n) is 5.28. The van der Waals surface area contributed by atoms with Crippen LogP contribution >= 0.6 is 0 Å². The van der Waals surface area contributed by atoms with Crippen LogP contribution in [0.5, 0.6) is 5.88 Å². The number of nitrogens with zero attached hydrogens (tertiary/aromatic N) is 2. The van der Waals surface area contributed by atoms with Crippen molar-refractivity contribution in [2.75, 3.05) is 7.11 Å². The van der Waals surface area contributed by atoms with Gasteiger partial charge in [0.15, 0.2) is 0 Å². The van der Waals surface area contributed by atoms with Crippen LogP contribution in [0.2, 0.25) is 0 Å². The first kappa shape index (κ1) is 13.0. The number of aromatic carboxylic acids is 1. The summed E-state index contributed by atoms with van der Waals surface area (Å²) in [7, 11) is 1.34. The van der Waals surface area contributed by atoms with Crippen LogP contribution in [0.25, 0.3) is 5.69 Å². The number of aromatic nitrogens is 2. The van der Waals surface area contributed by atoms with Crippen molar-refractivity contribution in [2.24, 2.45) is 0 Å². The highest BCUT2D eigenvalue weighted by Crippen LogP contribution is 2.25. The molecule has 0 aliphatic carbocycles. The molecule has 0 fully saturated rings. The number of hydrogen-bond acceptors (Lipinski definition) is 3. The maximum atomic E-state index is 12.6. The van der Waals surface area contributed by atoms with Gasteiger partial charge in [0.05, 0.1) is 18.4 Å². The normalized spacial score (nSPS) is 10.7. The minimum atomic E-state index is -2.70. The summed E-state index contributed by atoms with van der Waals surface area (Å²) in [5, 5.41) is 12.5. The lowest BCUT2D eigenvalue weighted by Crippen LogP contribution is -2.02. The number of carboxylic acid groups (broad SMARTS) is 1. The maximum absolute atomic E-state index is 12.6. The fourth-order valence-corrected chi connectivity index (χ4v) is 1.56. The molecule has 1 N–H and O–H groups in total. The zero-order valence-electron chi connectivity index (χ0n) is 9.88. The van der Waals surface area contributed by atoms with Gasteiger partial charge in [-0.25, -0.2) is 18.3 Å². The van der Waals surface area contributed by atoms with Crippen LogP contribution in [0.1, 0.15) is 22.5 Å². The molecule has 0 saturated carbocycles. The summed E-state index contributed by atoms with van der Waals surface area (Å²) in [6.07, 6.45) is -2.70. The number of rotatable bonds is 4. The van der Waals surface area contributed by atoms with Crippen molar-refractivity contribution in [3.8, 4) is 11.6 Å². The Labute approximate surface area is 107 Å². The quantitative estimate of drug-likeness (QED) is 0.925. The van der Waals surface area contributed by atoms with Gasteiger partial charge < -0.3 is 9.84 Å². The highest BCUT2D eigenvalue weighted by atomic mass is 19.3. The van der Waals surface area contributed by atoms with Crippen molar-refractivity contribution in [1.82, 2.24) is 9.78 Å². The molecule has 2 rings (SSSR count). The van der Waals surface area contributed by atoms with E-state index in [4.69, 9.17) is 9.84 Å². The van der Waals surface area contributed by atoms with Crippen LogP contribution in [0.15, 0.2) is 30.3 Å². The predicted molar refractivity (Wildman–Crippen MR) is 62.0 cm³/mol. The Hall–Kier alpha value is -2.44. The second-order valence-electron chi connectivity index (χ2n) is 3.68. The van der Waals surface area contributed by atoms with Crippen molar-refractivity contribution in [3.05, 3.63) is 41.6 Å². The minimum absolute atomic E-state index is 0.101. The topological polar surface area (TPSA) is 64.4 Å². The SMILES string of the molecule is COc1cc(C(F)F)nn1-c1ccc(C(=O)O)cc1. The Balaban J connectivity index is 2.42. The second-order valence-corrected chi connectivity index (χ2v) is 3.68. The Kier molecular flexibility index (Phi) is 3.46. The van der Waals surface area contributed by atoms with Crippen molar-refractivity contribution in [3.63, 3.8) is 0 Å². The molecule has 0 bridgehead atoms. The van der Waals surface area contributed by atoms with E-state index in [0.717, 1.165) is 6.07 Å². The summed E-state index contributed by atoms with van der Waals surface area (Å²) in [6, 6.07) is 6.79. The molecule has 0 unspecified atom stereocenters. The van der Waals surface area contributed by atoms with Crippen LogP contribution in [0, 0.1) is 0 Å². The molecule has 7 heteroatoms. The fraction of sp³-hybridized carbons (Fsp3) is 0.167. The molecule has 0 radical (unpaired) electrons. The van der Waals surface area contributed by atoms with Crippen LogP contribution in [-0.4, -0.2) is 28.0 Å². The van der Waals surface area contributed by atoms with E-state index in [2.05, 4.69) is 5.10 Å². The molecule has 2 aromatic rings. The van der Waals surface area contributed by atoms with Gasteiger partial charge in [-0.2, -0.15) is 5.10 Å². The zero-order chi connectivity index (χ0) is 14.0. The molecular formula is C12H10F2N2O3. The fourth-order valence-electron chi connectivity index (χ4n) is 1.56. The molecule has 1 heterocycles. The van der Waals surface area contributed by atoms with Crippen LogP contribution in [0.3, 0.4) is 0 Å². The van der Waals surface area contributed by atoms with E-state index in [0.29, 0.717) is 5.69 Å². The molecular weight excluding hydrogens is 258 g/mol. The van der Waals surface area contributed by atoms with Crippen molar-refractivity contribution in [1.29, 1.82) is 0 Å². The van der Waals surface area contributed by atoms with Gasteiger partial charge in [0.2, 0.25) is 5.88 Å². The molecule has 0 aliphatic heterocycles. The molecule has 1 aromatic heterocycles. The first-order chi connectivity index (χ1) is 9.02. The largest absolute Gasteiger partial charge is 0.481 e. The molecule has 0 aliphatic rings. The monoisotopic (exact) mass is 268 g/mol. The zero-order valence-corrected chi connectivity index (χ0v) is 9.88. The van der Waals surface area contributed by atoms with Crippen molar-refractivity contribution < 1.29 is 23.4 Å². The van der Waals surface area contributed by atoms with E-state index in [1.54, 1.807) is 0 Å². The highest BCUT2D eigenvalue weighted by Gasteiger charge is 2.17. The number of benzene rings is 1. The average molecular weight is 268 g/mol. The standard InChI is InChI=1S/C12H10F2N2O3/c1-19-10-6-9(11(13)14)15-16(10)8-4-2-7(3-5-8)12(17)18/h2-6,11H,1H3,(H,17,18). The van der Waals surface area contributed by atoms with Gasteiger partial charge in [0.1, 0.15) is 5.69 Å². The smallest absolute Gasteiger partial charge is 0.335 e. The molecule has 0 saturated heterocycles. The number of carbonyl (C=O) groups is 1. The molecule has 100 valence electrons. The van der Waals surface area contributed by atoms with Gasteiger partial charge in [0, 0.05) is 6.07 Å². The van der Waals surface area contributed by atoms with Gasteiger partial charge in [-0.1, -0.05) is 0 Å². The molecule has 0 spiro atoms. The number of ether oxygens (including phenoxy) is 1. The van der Waals surface area contributed by atoms with E-state index in [-0.39, 0.29) is 11.4 Å². The van der Waals surface area contributed by atoms with E-state index in [9.17, 15) is 13.6 Å². The van der Waals surface area contributed by atoms with Crippen molar-refractivity contribution >= 4 is 5.97 Å². The predicted octanol–water partition coefficient (Wildman–Crippen LogP) is 2.52. The third kappa shape index (κ3) is 2.54. The lowest BCUT2D eigenvalue weighted by molar-refractivity contribution is 0.0697. The van der Waals surface area contributed by atoms with Gasteiger partial charge in [-0.05, 0) is 24.3 Å². The molecule has 0 atom stereocenters. The number of halogens is 2. The lowest BCUT2D eigenvalue weighted by atomic mass is 10.2. The number of methoxy groups -OCH3 is 1. The van der Waals surface area contributed by atoms with Gasteiger partial charge in [0.25, 0.3) is 6.43 Å². The van der Waals surface area contributed by atoms with Crippen LogP contribution in [-0.2, 0) is 0 Å². The average Bonchev–Trinajstić information content (AvgIpc) is 2.83. The van der Waals surface area contributed by atoms with E-state index < -0.39 is 18.1 Å². The summed E-state index contributed by atoms with van der Waals surface area (Å²) in [5.74, 6) is -0.911. The number of carboxylic acids is 1. The van der Waals surface area contributed by atoms with Gasteiger partial charge in [-0.15, -0.1) is 0 Å².